The van der Waals surface area contributed by atoms with Crippen molar-refractivity contribution in [1.82, 2.24) is 15.5 Å². The Morgan fingerprint density at radius 3 is 2.73 bits per heavy atom. The maximum Gasteiger partial charge on any atom is 0.416 e. The van der Waals surface area contributed by atoms with Gasteiger partial charge in [0.15, 0.2) is 5.82 Å². The smallest absolute Gasteiger partial charge is 0.356 e. The van der Waals surface area contributed by atoms with Gasteiger partial charge in [0, 0.05) is 25.3 Å². The summed E-state index contributed by atoms with van der Waals surface area (Å²) in [6, 6.07) is 8.03. The average molecular weight is 482 g/mol. The van der Waals surface area contributed by atoms with E-state index >= 15 is 0 Å². The Morgan fingerprint density at radius 2 is 2.03 bits per heavy atom. The number of carbonyl (C=O) groups is 2. The van der Waals surface area contributed by atoms with Crippen molar-refractivity contribution in [3.63, 3.8) is 0 Å². The largest absolute Gasteiger partial charge is 0.416 e. The second-order valence-electron chi connectivity index (χ2n) is 7.72. The standard InChI is InChI=1S/C22H26F3N5O2S/c1-2-10-26-21(32)15-5-4-11-30(13-15)18-8-9-20(29-28-18)33-14-19(31)27-17-7-3-6-16(12-17)22(23,24)25/h3,6-9,12,15H,2,4-5,10-11,13-14H2,1H3,(H,26,32)(H,27,31)/t15-/m0/s1. The number of benzene rings is 1. The van der Waals surface area contributed by atoms with E-state index in [2.05, 4.69) is 20.8 Å². The fourth-order valence-electron chi connectivity index (χ4n) is 3.46. The number of nitrogens with zero attached hydrogens (tertiary/aromatic N) is 3. The third-order valence-corrected chi connectivity index (χ3v) is 6.04. The Hall–Kier alpha value is -2.82. The van der Waals surface area contributed by atoms with Crippen molar-refractivity contribution in [1.29, 1.82) is 0 Å². The van der Waals surface area contributed by atoms with Crippen LogP contribution < -0.4 is 15.5 Å². The van der Waals surface area contributed by atoms with Crippen molar-refractivity contribution >= 4 is 35.1 Å². The first-order chi connectivity index (χ1) is 15.8. The number of aromatic nitrogens is 2. The summed E-state index contributed by atoms with van der Waals surface area (Å²) in [4.78, 5) is 26.4. The van der Waals surface area contributed by atoms with E-state index in [-0.39, 0.29) is 23.3 Å². The van der Waals surface area contributed by atoms with Gasteiger partial charge >= 0.3 is 6.18 Å². The molecule has 1 saturated heterocycles. The highest BCUT2D eigenvalue weighted by atomic mass is 32.2. The summed E-state index contributed by atoms with van der Waals surface area (Å²) >= 11 is 1.14. The first-order valence-corrected chi connectivity index (χ1v) is 11.7. The fourth-order valence-corrected chi connectivity index (χ4v) is 4.07. The van der Waals surface area contributed by atoms with Crippen LogP contribution in [0, 0.1) is 5.92 Å². The molecule has 2 aromatic rings. The molecule has 178 valence electrons. The Morgan fingerprint density at radius 1 is 1.21 bits per heavy atom. The minimum absolute atomic E-state index is 0.0202. The zero-order chi connectivity index (χ0) is 23.8. The molecule has 0 bridgehead atoms. The highest BCUT2D eigenvalue weighted by Gasteiger charge is 2.30. The fraction of sp³-hybridized carbons (Fsp3) is 0.455. The van der Waals surface area contributed by atoms with Crippen LogP contribution >= 0.6 is 11.8 Å². The lowest BCUT2D eigenvalue weighted by Gasteiger charge is -2.32. The van der Waals surface area contributed by atoms with Gasteiger partial charge in [0.1, 0.15) is 5.03 Å². The summed E-state index contributed by atoms with van der Waals surface area (Å²) in [6.07, 6.45) is -1.85. The summed E-state index contributed by atoms with van der Waals surface area (Å²) in [5.41, 5.74) is -0.739. The van der Waals surface area contributed by atoms with Crippen LogP contribution in [-0.4, -0.2) is 47.4 Å². The van der Waals surface area contributed by atoms with E-state index < -0.39 is 17.6 Å². The Labute approximate surface area is 194 Å². The lowest BCUT2D eigenvalue weighted by Crippen LogP contribution is -2.43. The highest BCUT2D eigenvalue weighted by Crippen LogP contribution is 2.30. The summed E-state index contributed by atoms with van der Waals surface area (Å²) in [7, 11) is 0. The normalized spacial score (nSPS) is 16.4. The minimum atomic E-state index is -4.47. The number of piperidine rings is 1. The molecule has 1 atom stereocenters. The molecule has 3 rings (SSSR count). The van der Waals surface area contributed by atoms with Crippen LogP contribution in [0.15, 0.2) is 41.4 Å². The van der Waals surface area contributed by atoms with Gasteiger partial charge in [0.25, 0.3) is 0 Å². The predicted octanol–water partition coefficient (Wildman–Crippen LogP) is 3.97. The molecule has 0 unspecified atom stereocenters. The molecule has 0 radical (unpaired) electrons. The Kier molecular flexibility index (Phi) is 8.54. The summed E-state index contributed by atoms with van der Waals surface area (Å²) < 4.78 is 38.4. The lowest BCUT2D eigenvalue weighted by molar-refractivity contribution is -0.137. The topological polar surface area (TPSA) is 87.2 Å². The maximum absolute atomic E-state index is 12.8. The summed E-state index contributed by atoms with van der Waals surface area (Å²) in [6.45, 7) is 4.05. The van der Waals surface area contributed by atoms with Crippen LogP contribution in [0.4, 0.5) is 24.7 Å². The second-order valence-corrected chi connectivity index (χ2v) is 8.72. The van der Waals surface area contributed by atoms with Gasteiger partial charge in [0.2, 0.25) is 11.8 Å². The molecule has 2 N–H and O–H groups in total. The molecule has 1 aliphatic rings. The molecule has 0 saturated carbocycles. The number of anilines is 2. The monoisotopic (exact) mass is 481 g/mol. The zero-order valence-corrected chi connectivity index (χ0v) is 19.0. The van der Waals surface area contributed by atoms with Crippen LogP contribution in [-0.2, 0) is 15.8 Å². The van der Waals surface area contributed by atoms with E-state index in [1.165, 1.54) is 12.1 Å². The van der Waals surface area contributed by atoms with Gasteiger partial charge in [0.05, 0.1) is 17.2 Å². The molecule has 2 amide bonds. The van der Waals surface area contributed by atoms with Crippen molar-refractivity contribution in [2.45, 2.75) is 37.4 Å². The van der Waals surface area contributed by atoms with E-state index in [0.717, 1.165) is 49.7 Å². The van der Waals surface area contributed by atoms with Crippen LogP contribution in [0.3, 0.4) is 0 Å². The van der Waals surface area contributed by atoms with E-state index in [9.17, 15) is 22.8 Å². The molecule has 1 aliphatic heterocycles. The van der Waals surface area contributed by atoms with Gasteiger partial charge < -0.3 is 15.5 Å². The first kappa shape index (κ1) is 24.8. The first-order valence-electron chi connectivity index (χ1n) is 10.7. The maximum atomic E-state index is 12.8. The van der Waals surface area contributed by atoms with Crippen molar-refractivity contribution < 1.29 is 22.8 Å². The third kappa shape index (κ3) is 7.34. The van der Waals surface area contributed by atoms with Gasteiger partial charge in [-0.25, -0.2) is 0 Å². The highest BCUT2D eigenvalue weighted by molar-refractivity contribution is 7.99. The molecule has 1 aromatic heterocycles. The van der Waals surface area contributed by atoms with Crippen molar-refractivity contribution in [2.75, 3.05) is 35.6 Å². The molecule has 1 aromatic carbocycles. The summed E-state index contributed by atoms with van der Waals surface area (Å²) in [5.74, 6) is 0.185. The molecule has 0 spiro atoms. The number of hydrogen-bond acceptors (Lipinski definition) is 6. The molecule has 2 heterocycles. The van der Waals surface area contributed by atoms with Gasteiger partial charge in [-0.15, -0.1) is 10.2 Å². The van der Waals surface area contributed by atoms with Crippen molar-refractivity contribution in [3.8, 4) is 0 Å². The number of hydrogen-bond donors (Lipinski definition) is 2. The predicted molar refractivity (Wildman–Crippen MR) is 121 cm³/mol. The van der Waals surface area contributed by atoms with E-state index in [0.29, 0.717) is 23.9 Å². The van der Waals surface area contributed by atoms with E-state index in [1.807, 2.05) is 11.8 Å². The van der Waals surface area contributed by atoms with Crippen molar-refractivity contribution in [2.24, 2.45) is 5.92 Å². The van der Waals surface area contributed by atoms with Crippen LogP contribution in [0.1, 0.15) is 31.7 Å². The number of rotatable bonds is 8. The van der Waals surface area contributed by atoms with E-state index in [1.54, 1.807) is 12.1 Å². The molecular formula is C22H26F3N5O2S. The number of carbonyl (C=O) groups excluding carboxylic acids is 2. The molecule has 11 heteroatoms. The number of amides is 2. The van der Waals surface area contributed by atoms with Crippen LogP contribution in [0.25, 0.3) is 0 Å². The molecule has 33 heavy (non-hydrogen) atoms. The van der Waals surface area contributed by atoms with Gasteiger partial charge in [-0.3, -0.25) is 9.59 Å². The van der Waals surface area contributed by atoms with Gasteiger partial charge in [-0.05, 0) is 49.6 Å². The SMILES string of the molecule is CCCNC(=O)[C@H]1CCCN(c2ccc(SCC(=O)Nc3cccc(C(F)(F)F)c3)nn2)C1. The second kappa shape index (κ2) is 11.4. The quantitative estimate of drug-likeness (QED) is 0.555. The summed E-state index contributed by atoms with van der Waals surface area (Å²) in [5, 5.41) is 14.3. The molecule has 7 nitrogen and oxygen atoms in total. The van der Waals surface area contributed by atoms with Crippen LogP contribution in [0.2, 0.25) is 0 Å². The average Bonchev–Trinajstić information content (AvgIpc) is 2.81. The number of nitrogens with one attached hydrogen (secondary N) is 2. The third-order valence-electron chi connectivity index (χ3n) is 5.12. The van der Waals surface area contributed by atoms with Gasteiger partial charge in [-0.2, -0.15) is 13.2 Å². The lowest BCUT2D eigenvalue weighted by atomic mass is 9.97. The number of halogens is 3. The van der Waals surface area contributed by atoms with E-state index in [4.69, 9.17) is 0 Å². The zero-order valence-electron chi connectivity index (χ0n) is 18.2. The number of alkyl halides is 3. The molecular weight excluding hydrogens is 455 g/mol. The van der Waals surface area contributed by atoms with Gasteiger partial charge in [-0.1, -0.05) is 24.8 Å². The van der Waals surface area contributed by atoms with Crippen LogP contribution in [0.5, 0.6) is 0 Å². The number of thioether (sulfide) groups is 1. The molecule has 1 fully saturated rings. The Bertz CT molecular complexity index is 956. The van der Waals surface area contributed by atoms with Crippen molar-refractivity contribution in [3.05, 3.63) is 42.0 Å². The minimum Gasteiger partial charge on any atom is -0.356 e. The Balaban J connectivity index is 1.50. The molecule has 0 aliphatic carbocycles.